The van der Waals surface area contributed by atoms with E-state index in [1.807, 2.05) is 87.0 Å². The van der Waals surface area contributed by atoms with E-state index in [0.29, 0.717) is 31.9 Å². The Morgan fingerprint density at radius 1 is 1.06 bits per heavy atom. The van der Waals surface area contributed by atoms with E-state index in [0.717, 1.165) is 44.9 Å². The zero-order valence-electron chi connectivity index (χ0n) is 21.7. The molecule has 0 saturated heterocycles. The molecule has 2 heterocycles. The van der Waals surface area contributed by atoms with Crippen LogP contribution in [0.1, 0.15) is 49.6 Å². The molecule has 36 heavy (non-hydrogen) atoms. The molecule has 7 heteroatoms. The Kier molecular flexibility index (Phi) is 7.88. The van der Waals surface area contributed by atoms with Gasteiger partial charge in [0.2, 0.25) is 11.8 Å². The highest BCUT2D eigenvalue weighted by atomic mass is 16.5. The van der Waals surface area contributed by atoms with Crippen LogP contribution in [0.25, 0.3) is 16.7 Å². The van der Waals surface area contributed by atoms with Crippen LogP contribution in [0.15, 0.2) is 54.6 Å². The summed E-state index contributed by atoms with van der Waals surface area (Å²) in [5, 5.41) is 8.77. The summed E-state index contributed by atoms with van der Waals surface area (Å²) in [5.41, 5.74) is 5.64. The fourth-order valence-electron chi connectivity index (χ4n) is 4.32. The van der Waals surface area contributed by atoms with E-state index in [1.54, 1.807) is 0 Å². The van der Waals surface area contributed by atoms with Crippen LogP contribution >= 0.6 is 0 Å². The summed E-state index contributed by atoms with van der Waals surface area (Å²) in [4.78, 5) is 17.5. The van der Waals surface area contributed by atoms with Gasteiger partial charge in [-0.3, -0.25) is 4.79 Å². The molecule has 0 saturated carbocycles. The average molecular weight is 487 g/mol. The first-order valence-electron chi connectivity index (χ1n) is 12.5. The molecule has 0 fully saturated rings. The van der Waals surface area contributed by atoms with Crippen LogP contribution in [-0.2, 0) is 17.8 Å². The molecule has 188 valence electrons. The quantitative estimate of drug-likeness (QED) is 0.321. The number of aryl methyl sites for hydroxylation is 2. The highest BCUT2D eigenvalue weighted by Crippen LogP contribution is 2.32. The molecule has 4 aromatic rings. The van der Waals surface area contributed by atoms with Crippen LogP contribution in [0.4, 0.5) is 0 Å². The van der Waals surface area contributed by atoms with Crippen LogP contribution in [0.3, 0.4) is 0 Å². The molecule has 0 bridgehead atoms. The third-order valence-corrected chi connectivity index (χ3v) is 6.00. The zero-order valence-corrected chi connectivity index (χ0v) is 21.7. The Labute approximate surface area is 212 Å². The fourth-order valence-corrected chi connectivity index (χ4v) is 4.32. The van der Waals surface area contributed by atoms with Crippen molar-refractivity contribution in [2.75, 3.05) is 6.61 Å². The molecule has 1 amide bonds. The van der Waals surface area contributed by atoms with Crippen LogP contribution < -0.4 is 14.8 Å². The number of fused-ring (bicyclic) bond motifs is 1. The van der Waals surface area contributed by atoms with E-state index in [9.17, 15) is 4.79 Å². The Bertz CT molecular complexity index is 1330. The largest absolute Gasteiger partial charge is 0.491 e. The Morgan fingerprint density at radius 3 is 2.44 bits per heavy atom. The first-order chi connectivity index (χ1) is 17.4. The standard InChI is InChI=1S/C29H34N4O3/c1-6-35-29-25(16-17-26(34)30-18-22-12-14-24(15-13-22)36-19(2)3)20(4)27-21(5)32-33(28(27)31-29)23-10-8-7-9-11-23/h7-15,19H,6,16-18H2,1-5H3,(H,30,34). The Balaban J connectivity index is 1.50. The predicted octanol–water partition coefficient (Wildman–Crippen LogP) is 5.47. The zero-order chi connectivity index (χ0) is 25.7. The lowest BCUT2D eigenvalue weighted by Crippen LogP contribution is -2.23. The van der Waals surface area contributed by atoms with Crippen molar-refractivity contribution in [2.45, 2.75) is 60.1 Å². The highest BCUT2D eigenvalue weighted by Gasteiger charge is 2.20. The molecule has 1 N–H and O–H groups in total. The van der Waals surface area contributed by atoms with E-state index in [-0.39, 0.29) is 12.0 Å². The minimum Gasteiger partial charge on any atom is -0.491 e. The molecule has 0 atom stereocenters. The molecule has 0 radical (unpaired) electrons. The van der Waals surface area contributed by atoms with Gasteiger partial charge in [0.05, 0.1) is 24.1 Å². The molecule has 4 rings (SSSR count). The number of nitrogens with one attached hydrogen (secondary N) is 1. The number of rotatable bonds is 10. The summed E-state index contributed by atoms with van der Waals surface area (Å²) in [6.45, 7) is 10.9. The number of hydrogen-bond acceptors (Lipinski definition) is 5. The first-order valence-corrected chi connectivity index (χ1v) is 12.5. The highest BCUT2D eigenvalue weighted by molar-refractivity contribution is 5.86. The van der Waals surface area contributed by atoms with E-state index >= 15 is 0 Å². The van der Waals surface area contributed by atoms with Gasteiger partial charge in [-0.2, -0.15) is 10.1 Å². The van der Waals surface area contributed by atoms with Crippen LogP contribution in [0.2, 0.25) is 0 Å². The molecule has 2 aromatic carbocycles. The van der Waals surface area contributed by atoms with Gasteiger partial charge in [0, 0.05) is 23.9 Å². The number of amides is 1. The van der Waals surface area contributed by atoms with Crippen molar-refractivity contribution in [3.05, 3.63) is 77.0 Å². The van der Waals surface area contributed by atoms with Crippen molar-refractivity contribution in [1.29, 1.82) is 0 Å². The maximum atomic E-state index is 12.7. The van der Waals surface area contributed by atoms with Gasteiger partial charge in [-0.15, -0.1) is 0 Å². The smallest absolute Gasteiger partial charge is 0.220 e. The number of pyridine rings is 1. The summed E-state index contributed by atoms with van der Waals surface area (Å²) in [6.07, 6.45) is 1.01. The van der Waals surface area contributed by atoms with Crippen molar-refractivity contribution < 1.29 is 14.3 Å². The van der Waals surface area contributed by atoms with Crippen molar-refractivity contribution in [2.24, 2.45) is 0 Å². The number of carbonyl (C=O) groups is 1. The number of ether oxygens (including phenoxy) is 2. The molecule has 7 nitrogen and oxygen atoms in total. The van der Waals surface area contributed by atoms with E-state index in [1.165, 1.54) is 0 Å². The number of hydrogen-bond donors (Lipinski definition) is 1. The first kappa shape index (κ1) is 25.2. The van der Waals surface area contributed by atoms with Gasteiger partial charge in [0.1, 0.15) is 5.75 Å². The lowest BCUT2D eigenvalue weighted by molar-refractivity contribution is -0.121. The van der Waals surface area contributed by atoms with Crippen molar-refractivity contribution >= 4 is 16.9 Å². The normalized spacial score (nSPS) is 11.2. The number of carbonyl (C=O) groups excluding carboxylic acids is 1. The summed E-state index contributed by atoms with van der Waals surface area (Å²) >= 11 is 0. The fraction of sp³-hybridized carbons (Fsp3) is 0.345. The molecule has 0 spiro atoms. The van der Waals surface area contributed by atoms with Gasteiger partial charge in [-0.1, -0.05) is 30.3 Å². The van der Waals surface area contributed by atoms with Gasteiger partial charge in [-0.25, -0.2) is 4.68 Å². The summed E-state index contributed by atoms with van der Waals surface area (Å²) in [5.74, 6) is 1.37. The average Bonchev–Trinajstić information content (AvgIpc) is 3.20. The van der Waals surface area contributed by atoms with Crippen molar-refractivity contribution in [3.8, 4) is 17.3 Å². The maximum absolute atomic E-state index is 12.7. The van der Waals surface area contributed by atoms with Crippen molar-refractivity contribution in [1.82, 2.24) is 20.1 Å². The van der Waals surface area contributed by atoms with Gasteiger partial charge in [-0.05, 0) is 76.4 Å². The minimum atomic E-state index is -0.0174. The summed E-state index contributed by atoms with van der Waals surface area (Å²) in [6, 6.07) is 17.8. The number of aromatic nitrogens is 3. The second kappa shape index (κ2) is 11.2. The van der Waals surface area contributed by atoms with Gasteiger partial charge in [0.15, 0.2) is 5.65 Å². The van der Waals surface area contributed by atoms with Gasteiger partial charge < -0.3 is 14.8 Å². The lowest BCUT2D eigenvalue weighted by atomic mass is 10.0. The van der Waals surface area contributed by atoms with Crippen LogP contribution in [-0.4, -0.2) is 33.4 Å². The molecule has 0 unspecified atom stereocenters. The van der Waals surface area contributed by atoms with Crippen molar-refractivity contribution in [3.63, 3.8) is 0 Å². The monoisotopic (exact) mass is 486 g/mol. The van der Waals surface area contributed by atoms with E-state index in [2.05, 4.69) is 12.2 Å². The molecule has 0 aliphatic rings. The molecular formula is C29H34N4O3. The second-order valence-corrected chi connectivity index (χ2v) is 9.07. The molecule has 0 aliphatic heterocycles. The van der Waals surface area contributed by atoms with Gasteiger partial charge >= 0.3 is 0 Å². The number of benzene rings is 2. The van der Waals surface area contributed by atoms with E-state index in [4.69, 9.17) is 19.6 Å². The van der Waals surface area contributed by atoms with Crippen LogP contribution in [0.5, 0.6) is 11.6 Å². The summed E-state index contributed by atoms with van der Waals surface area (Å²) < 4.78 is 13.5. The Hall–Kier alpha value is -3.87. The lowest BCUT2D eigenvalue weighted by Gasteiger charge is -2.14. The minimum absolute atomic E-state index is 0.0174. The van der Waals surface area contributed by atoms with Crippen LogP contribution in [0, 0.1) is 13.8 Å². The number of nitrogens with zero attached hydrogens (tertiary/aromatic N) is 3. The third kappa shape index (κ3) is 5.67. The third-order valence-electron chi connectivity index (χ3n) is 6.00. The molecular weight excluding hydrogens is 452 g/mol. The topological polar surface area (TPSA) is 78.3 Å². The van der Waals surface area contributed by atoms with E-state index < -0.39 is 0 Å². The maximum Gasteiger partial charge on any atom is 0.220 e. The molecule has 2 aromatic heterocycles. The number of para-hydroxylation sites is 1. The SMILES string of the molecule is CCOc1nc2c(c(C)nn2-c2ccccc2)c(C)c1CCC(=O)NCc1ccc(OC(C)C)cc1. The summed E-state index contributed by atoms with van der Waals surface area (Å²) in [7, 11) is 0. The predicted molar refractivity (Wildman–Crippen MR) is 142 cm³/mol. The Morgan fingerprint density at radius 2 is 1.78 bits per heavy atom. The second-order valence-electron chi connectivity index (χ2n) is 9.07. The van der Waals surface area contributed by atoms with Gasteiger partial charge in [0.25, 0.3) is 0 Å². The molecule has 0 aliphatic carbocycles.